The van der Waals surface area contributed by atoms with Crippen LogP contribution in [0.2, 0.25) is 0 Å². The molecule has 0 radical (unpaired) electrons. The molecule has 2 N–H and O–H groups in total. The zero-order valence-corrected chi connectivity index (χ0v) is 10.0. The van der Waals surface area contributed by atoms with Gasteiger partial charge < -0.3 is 10.6 Å². The molecule has 1 aromatic carbocycles. The first-order valence-corrected chi connectivity index (χ1v) is 5.22. The lowest BCUT2D eigenvalue weighted by Gasteiger charge is -2.19. The highest BCUT2D eigenvalue weighted by atomic mass is 32.1. The molecule has 0 unspecified atom stereocenters. The van der Waals surface area contributed by atoms with Crippen LogP contribution in [0.1, 0.15) is 11.1 Å². The fourth-order valence-corrected chi connectivity index (χ4v) is 1.70. The van der Waals surface area contributed by atoms with Gasteiger partial charge in [-0.15, -0.1) is 0 Å². The average Bonchev–Trinajstić information content (AvgIpc) is 2.15. The lowest BCUT2D eigenvalue weighted by molar-refractivity contribution is 0.156. The number of halogens is 2. The number of alkyl halides is 2. The van der Waals surface area contributed by atoms with Crippen molar-refractivity contribution in [3.05, 3.63) is 29.3 Å². The van der Waals surface area contributed by atoms with E-state index in [-0.39, 0.29) is 6.54 Å². The van der Waals surface area contributed by atoms with Crippen LogP contribution in [0.5, 0.6) is 0 Å². The molecule has 5 heteroatoms. The Morgan fingerprint density at radius 3 is 2.56 bits per heavy atom. The van der Waals surface area contributed by atoms with Crippen LogP contribution in [-0.2, 0) is 0 Å². The van der Waals surface area contributed by atoms with Crippen LogP contribution in [0.25, 0.3) is 0 Å². The van der Waals surface area contributed by atoms with Gasteiger partial charge in [0.15, 0.2) is 0 Å². The van der Waals surface area contributed by atoms with E-state index < -0.39 is 6.43 Å². The fourth-order valence-electron chi connectivity index (χ4n) is 1.47. The smallest absolute Gasteiger partial charge is 0.255 e. The van der Waals surface area contributed by atoms with E-state index in [0.717, 1.165) is 16.8 Å². The molecule has 0 saturated heterocycles. The molecule has 0 aliphatic carbocycles. The summed E-state index contributed by atoms with van der Waals surface area (Å²) in [6.45, 7) is 1.57. The Labute approximate surface area is 99.0 Å². The van der Waals surface area contributed by atoms with Crippen molar-refractivity contribution in [2.45, 2.75) is 13.3 Å². The molecule has 0 aliphatic rings. The molecule has 2 nitrogen and oxygen atoms in total. The van der Waals surface area contributed by atoms with Crippen molar-refractivity contribution in [3.8, 4) is 0 Å². The predicted octanol–water partition coefficient (Wildman–Crippen LogP) is 2.33. The van der Waals surface area contributed by atoms with Gasteiger partial charge in [0, 0.05) is 18.3 Å². The third-order valence-corrected chi connectivity index (χ3v) is 2.55. The standard InChI is InChI=1S/C11H14F2N2S/c1-7-5-8(15(2)6-10(12)13)3-4-9(7)11(14)16/h3-5,10H,6H2,1-2H3,(H2,14,16). The van der Waals surface area contributed by atoms with Gasteiger partial charge in [-0.3, -0.25) is 0 Å². The number of anilines is 1. The second kappa shape index (κ2) is 5.21. The van der Waals surface area contributed by atoms with Crippen LogP contribution in [0.4, 0.5) is 14.5 Å². The van der Waals surface area contributed by atoms with Crippen molar-refractivity contribution in [1.29, 1.82) is 0 Å². The maximum absolute atomic E-state index is 12.2. The van der Waals surface area contributed by atoms with Crippen LogP contribution in [-0.4, -0.2) is 25.0 Å². The molecule has 0 aliphatic heterocycles. The van der Waals surface area contributed by atoms with Gasteiger partial charge in [0.25, 0.3) is 6.43 Å². The maximum Gasteiger partial charge on any atom is 0.255 e. The molecule has 88 valence electrons. The number of thiocarbonyl (C=S) groups is 1. The van der Waals surface area contributed by atoms with Crippen LogP contribution in [0.15, 0.2) is 18.2 Å². The molecule has 0 amide bonds. The maximum atomic E-state index is 12.2. The summed E-state index contributed by atoms with van der Waals surface area (Å²) >= 11 is 4.87. The lowest BCUT2D eigenvalue weighted by Crippen LogP contribution is -2.24. The quantitative estimate of drug-likeness (QED) is 0.824. The van der Waals surface area contributed by atoms with Gasteiger partial charge in [-0.1, -0.05) is 12.2 Å². The highest BCUT2D eigenvalue weighted by molar-refractivity contribution is 7.80. The summed E-state index contributed by atoms with van der Waals surface area (Å²) in [5, 5.41) is 0. The monoisotopic (exact) mass is 244 g/mol. The van der Waals surface area contributed by atoms with Gasteiger partial charge in [-0.25, -0.2) is 8.78 Å². The third kappa shape index (κ3) is 3.13. The highest BCUT2D eigenvalue weighted by Crippen LogP contribution is 2.18. The molecule has 1 aromatic rings. The largest absolute Gasteiger partial charge is 0.389 e. The Hall–Kier alpha value is -1.23. The van der Waals surface area contributed by atoms with Crippen molar-refractivity contribution < 1.29 is 8.78 Å². The summed E-state index contributed by atoms with van der Waals surface area (Å²) in [6, 6.07) is 5.30. The summed E-state index contributed by atoms with van der Waals surface area (Å²) in [7, 11) is 1.63. The van der Waals surface area contributed by atoms with E-state index >= 15 is 0 Å². The van der Waals surface area contributed by atoms with E-state index in [0.29, 0.717) is 4.99 Å². The van der Waals surface area contributed by atoms with Crippen LogP contribution in [0, 0.1) is 6.92 Å². The SMILES string of the molecule is Cc1cc(N(C)CC(F)F)ccc1C(N)=S. The summed E-state index contributed by atoms with van der Waals surface area (Å²) in [5.41, 5.74) is 7.93. The van der Waals surface area contributed by atoms with Crippen molar-refractivity contribution in [1.82, 2.24) is 0 Å². The first-order chi connectivity index (χ1) is 7.41. The van der Waals surface area contributed by atoms with Gasteiger partial charge in [0.1, 0.15) is 4.99 Å². The number of hydrogen-bond donors (Lipinski definition) is 1. The van der Waals surface area contributed by atoms with Gasteiger partial charge in [0.05, 0.1) is 6.54 Å². The topological polar surface area (TPSA) is 29.3 Å². The number of nitrogens with two attached hydrogens (primary N) is 1. The third-order valence-electron chi connectivity index (χ3n) is 2.33. The van der Waals surface area contributed by atoms with Gasteiger partial charge in [0.2, 0.25) is 0 Å². The second-order valence-electron chi connectivity index (χ2n) is 3.64. The number of rotatable bonds is 4. The Kier molecular flexibility index (Phi) is 4.18. The van der Waals surface area contributed by atoms with E-state index in [1.54, 1.807) is 25.2 Å². The first-order valence-electron chi connectivity index (χ1n) is 4.81. The van der Waals surface area contributed by atoms with E-state index in [4.69, 9.17) is 18.0 Å². The Morgan fingerprint density at radius 2 is 2.12 bits per heavy atom. The molecule has 0 bridgehead atoms. The normalized spacial score (nSPS) is 10.6. The molecule has 1 rings (SSSR count). The molecule has 0 fully saturated rings. The number of nitrogens with zero attached hydrogens (tertiary/aromatic N) is 1. The molecule has 0 aromatic heterocycles. The van der Waals surface area contributed by atoms with Gasteiger partial charge in [-0.2, -0.15) is 0 Å². The highest BCUT2D eigenvalue weighted by Gasteiger charge is 2.10. The van der Waals surface area contributed by atoms with E-state index in [9.17, 15) is 8.78 Å². The molecular formula is C11H14F2N2S. The zero-order chi connectivity index (χ0) is 12.3. The minimum Gasteiger partial charge on any atom is -0.389 e. The van der Waals surface area contributed by atoms with Crippen LogP contribution >= 0.6 is 12.2 Å². The molecular weight excluding hydrogens is 230 g/mol. The van der Waals surface area contributed by atoms with E-state index in [1.807, 2.05) is 6.92 Å². The molecule has 0 atom stereocenters. The first kappa shape index (κ1) is 12.8. The number of hydrogen-bond acceptors (Lipinski definition) is 2. The molecule has 16 heavy (non-hydrogen) atoms. The fraction of sp³-hybridized carbons (Fsp3) is 0.364. The Bertz CT molecular complexity index is 394. The second-order valence-corrected chi connectivity index (χ2v) is 4.07. The zero-order valence-electron chi connectivity index (χ0n) is 9.21. The van der Waals surface area contributed by atoms with E-state index in [1.165, 1.54) is 4.90 Å². The van der Waals surface area contributed by atoms with Crippen LogP contribution in [0.3, 0.4) is 0 Å². The van der Waals surface area contributed by atoms with Crippen molar-refractivity contribution in [2.75, 3.05) is 18.5 Å². The Balaban J connectivity index is 2.92. The minimum absolute atomic E-state index is 0.286. The van der Waals surface area contributed by atoms with Crippen molar-refractivity contribution in [2.24, 2.45) is 5.73 Å². The van der Waals surface area contributed by atoms with Crippen LogP contribution < -0.4 is 10.6 Å². The average molecular weight is 244 g/mol. The lowest BCUT2D eigenvalue weighted by atomic mass is 10.1. The Morgan fingerprint density at radius 1 is 1.50 bits per heavy atom. The van der Waals surface area contributed by atoms with Gasteiger partial charge >= 0.3 is 0 Å². The predicted molar refractivity (Wildman–Crippen MR) is 66.3 cm³/mol. The van der Waals surface area contributed by atoms with Gasteiger partial charge in [-0.05, 0) is 30.7 Å². The summed E-state index contributed by atoms with van der Waals surface area (Å²) in [6.07, 6.45) is -2.35. The van der Waals surface area contributed by atoms with Crippen molar-refractivity contribution >= 4 is 22.9 Å². The summed E-state index contributed by atoms with van der Waals surface area (Å²) in [5.74, 6) is 0. The van der Waals surface area contributed by atoms with E-state index in [2.05, 4.69) is 0 Å². The molecule has 0 spiro atoms. The molecule has 0 saturated carbocycles. The number of aryl methyl sites for hydroxylation is 1. The minimum atomic E-state index is -2.35. The molecule has 0 heterocycles. The summed E-state index contributed by atoms with van der Waals surface area (Å²) in [4.78, 5) is 1.82. The van der Waals surface area contributed by atoms with Crippen molar-refractivity contribution in [3.63, 3.8) is 0 Å². The summed E-state index contributed by atoms with van der Waals surface area (Å²) < 4.78 is 24.4. The number of benzene rings is 1.